The van der Waals surface area contributed by atoms with Crippen molar-refractivity contribution >= 4 is 32.6 Å². The second-order valence-corrected chi connectivity index (χ2v) is 12.5. The number of rotatable bonds is 10. The Morgan fingerprint density at radius 1 is 0.690 bits per heavy atom. The van der Waals surface area contributed by atoms with E-state index in [4.69, 9.17) is 0 Å². The van der Waals surface area contributed by atoms with E-state index in [1.165, 1.54) is 0 Å². The normalized spacial score (nSPS) is 17.7. The van der Waals surface area contributed by atoms with Crippen LogP contribution in [0.4, 0.5) is 74.6 Å². The van der Waals surface area contributed by atoms with E-state index in [-0.39, 0.29) is 16.8 Å². The zero-order chi connectivity index (χ0) is 34.3. The Kier molecular flexibility index (Phi) is 11.6. The van der Waals surface area contributed by atoms with Crippen molar-refractivity contribution in [1.82, 2.24) is 0 Å². The van der Waals surface area contributed by atoms with E-state index >= 15 is 0 Å². The second kappa shape index (κ2) is 12.1. The zero-order valence-corrected chi connectivity index (χ0v) is 22.0. The molecule has 0 bridgehead atoms. The smallest absolute Gasteiger partial charge is 0.460 e. The van der Waals surface area contributed by atoms with Gasteiger partial charge in [-0.05, 0) is 10.9 Å². The predicted octanol–water partition coefficient (Wildman–Crippen LogP) is 5.69. The van der Waals surface area contributed by atoms with Crippen molar-refractivity contribution in [2.75, 3.05) is 17.3 Å². The molecular formula is C18H17F17O5S2. The zero-order valence-electron chi connectivity index (χ0n) is 20.4. The van der Waals surface area contributed by atoms with Crippen molar-refractivity contribution in [3.8, 4) is 0 Å². The van der Waals surface area contributed by atoms with Crippen LogP contribution in [0, 0.1) is 5.92 Å². The molecule has 0 aromatic heterocycles. The summed E-state index contributed by atoms with van der Waals surface area (Å²) in [5.74, 6) is -48.6. The van der Waals surface area contributed by atoms with Gasteiger partial charge in [-0.2, -0.15) is 74.6 Å². The van der Waals surface area contributed by atoms with Crippen molar-refractivity contribution in [2.24, 2.45) is 5.92 Å². The standard InChI is InChI=1S/C10H17O2S.C8HF17O3S/c1-8(2)10(12)7-13-5-3-9(11)4-6-13;9-1(10,3(13,14)5(17,18)7(21,22)23)2(11,12)4(15,16)6(19,20)8(24,25)29(26,27)28/h8H,3-7H2,1-2H3;(H,26,27,28)/q+1;/p-1. The molecule has 250 valence electrons. The van der Waals surface area contributed by atoms with Gasteiger partial charge in [0.15, 0.2) is 21.7 Å². The first-order chi connectivity index (χ1) is 18.1. The Labute approximate surface area is 227 Å². The van der Waals surface area contributed by atoms with Crippen LogP contribution in [-0.4, -0.2) is 88.8 Å². The van der Waals surface area contributed by atoms with Gasteiger partial charge in [0.1, 0.15) is 17.3 Å². The number of halogens is 17. The van der Waals surface area contributed by atoms with Gasteiger partial charge in [-0.25, -0.2) is 8.42 Å². The fourth-order valence-electron chi connectivity index (χ4n) is 2.56. The molecule has 42 heavy (non-hydrogen) atoms. The molecule has 0 aromatic rings. The van der Waals surface area contributed by atoms with Crippen LogP contribution >= 0.6 is 0 Å². The van der Waals surface area contributed by atoms with Crippen LogP contribution in [0.25, 0.3) is 0 Å². The molecule has 0 atom stereocenters. The second-order valence-electron chi connectivity index (χ2n) is 8.74. The van der Waals surface area contributed by atoms with Crippen molar-refractivity contribution < 1.29 is 97.2 Å². The molecule has 0 amide bonds. The minimum absolute atomic E-state index is 0.158. The van der Waals surface area contributed by atoms with E-state index in [0.29, 0.717) is 30.2 Å². The van der Waals surface area contributed by atoms with Crippen LogP contribution in [0.15, 0.2) is 0 Å². The van der Waals surface area contributed by atoms with Crippen LogP contribution in [0.2, 0.25) is 0 Å². The lowest BCUT2D eigenvalue weighted by Crippen LogP contribution is -2.75. The Morgan fingerprint density at radius 2 is 1.00 bits per heavy atom. The molecule has 0 aromatic carbocycles. The van der Waals surface area contributed by atoms with Crippen LogP contribution in [0.3, 0.4) is 0 Å². The van der Waals surface area contributed by atoms with E-state index in [1.54, 1.807) is 0 Å². The molecular weight excluding hydrogens is 683 g/mol. The molecule has 1 saturated heterocycles. The van der Waals surface area contributed by atoms with E-state index in [1.807, 2.05) is 13.8 Å². The monoisotopic (exact) mass is 700 g/mol. The summed E-state index contributed by atoms with van der Waals surface area (Å²) in [4.78, 5) is 22.4. The van der Waals surface area contributed by atoms with Gasteiger partial charge in [-0.15, -0.1) is 0 Å². The Hall–Kier alpha value is -1.59. The van der Waals surface area contributed by atoms with Gasteiger partial charge in [0.05, 0.1) is 12.8 Å². The molecule has 0 N–H and O–H groups in total. The first-order valence-electron chi connectivity index (χ1n) is 10.4. The lowest BCUT2D eigenvalue weighted by molar-refractivity contribution is -0.458. The van der Waals surface area contributed by atoms with Gasteiger partial charge in [-0.1, -0.05) is 13.8 Å². The van der Waals surface area contributed by atoms with E-state index in [9.17, 15) is 97.2 Å². The van der Waals surface area contributed by atoms with Crippen molar-refractivity contribution in [3.63, 3.8) is 0 Å². The number of carbonyl (C=O) groups excluding carboxylic acids is 2. The highest BCUT2D eigenvalue weighted by Gasteiger charge is 2.95. The largest absolute Gasteiger partial charge is 0.743 e. The summed E-state index contributed by atoms with van der Waals surface area (Å²) < 4.78 is 244. The molecule has 1 aliphatic heterocycles. The predicted molar refractivity (Wildman–Crippen MR) is 106 cm³/mol. The summed E-state index contributed by atoms with van der Waals surface area (Å²) >= 11 is 0. The molecule has 0 saturated carbocycles. The van der Waals surface area contributed by atoms with Crippen LogP contribution in [0.1, 0.15) is 26.7 Å². The average molecular weight is 700 g/mol. The van der Waals surface area contributed by atoms with Crippen molar-refractivity contribution in [2.45, 2.75) is 73.7 Å². The number of hydrogen-bond donors (Lipinski definition) is 0. The number of carbonyl (C=O) groups is 2. The van der Waals surface area contributed by atoms with E-state index in [0.717, 1.165) is 11.5 Å². The van der Waals surface area contributed by atoms with Crippen LogP contribution in [-0.2, 0) is 30.6 Å². The fourth-order valence-corrected chi connectivity index (χ4v) is 5.27. The van der Waals surface area contributed by atoms with Crippen molar-refractivity contribution in [1.29, 1.82) is 0 Å². The van der Waals surface area contributed by atoms with Gasteiger partial charge in [0, 0.05) is 5.92 Å². The Bertz CT molecular complexity index is 1090. The highest BCUT2D eigenvalue weighted by molar-refractivity contribution is 7.97. The summed E-state index contributed by atoms with van der Waals surface area (Å²) in [7, 11) is -7.93. The summed E-state index contributed by atoms with van der Waals surface area (Å²) in [5.41, 5.74) is 0. The maximum Gasteiger partial charge on any atom is 0.460 e. The van der Waals surface area contributed by atoms with Gasteiger partial charge >= 0.3 is 47.0 Å². The van der Waals surface area contributed by atoms with Gasteiger partial charge in [-0.3, -0.25) is 9.59 Å². The third kappa shape index (κ3) is 6.88. The summed E-state index contributed by atoms with van der Waals surface area (Å²) in [6.07, 6.45) is -6.49. The Morgan fingerprint density at radius 3 is 1.29 bits per heavy atom. The molecule has 0 unspecified atom stereocenters. The van der Waals surface area contributed by atoms with E-state index in [2.05, 4.69) is 0 Å². The van der Waals surface area contributed by atoms with Gasteiger partial charge < -0.3 is 4.55 Å². The highest BCUT2D eigenvalue weighted by Crippen LogP contribution is 2.64. The van der Waals surface area contributed by atoms with E-state index < -0.39 is 57.1 Å². The summed E-state index contributed by atoms with van der Waals surface area (Å²) in [6.45, 7) is 3.89. The van der Waals surface area contributed by atoms with Crippen molar-refractivity contribution in [3.05, 3.63) is 0 Å². The van der Waals surface area contributed by atoms with Gasteiger partial charge in [0.25, 0.3) is 0 Å². The topological polar surface area (TPSA) is 91.3 Å². The SMILES string of the molecule is CC(C)C(=O)C[S+]1CCC(=O)CC1.O=S(=O)([O-])C(F)(F)C(F)(F)C(F)(F)C(F)(F)C(F)(F)C(F)(F)C(F)(F)C(F)(F)F. The number of hydrogen-bond acceptors (Lipinski definition) is 5. The molecule has 0 spiro atoms. The first kappa shape index (κ1) is 40.4. The minimum Gasteiger partial charge on any atom is -0.743 e. The molecule has 5 nitrogen and oxygen atoms in total. The first-order valence-corrected chi connectivity index (χ1v) is 13.6. The molecule has 1 fully saturated rings. The third-order valence-corrected chi connectivity index (χ3v) is 8.48. The van der Waals surface area contributed by atoms with Crippen LogP contribution in [0.5, 0.6) is 0 Å². The molecule has 1 aliphatic rings. The summed E-state index contributed by atoms with van der Waals surface area (Å²) in [6, 6.07) is 0. The number of ketones is 2. The number of alkyl halides is 17. The Balaban J connectivity index is 0.00000107. The molecule has 24 heteroatoms. The molecule has 0 radical (unpaired) electrons. The fraction of sp³-hybridized carbons (Fsp3) is 0.889. The number of Topliss-reactive ketones (excluding diaryl/α,β-unsaturated/α-hetero) is 2. The van der Waals surface area contributed by atoms with Gasteiger partial charge in [0.2, 0.25) is 0 Å². The quantitative estimate of drug-likeness (QED) is 0.166. The molecule has 0 aliphatic carbocycles. The maximum absolute atomic E-state index is 13.0. The average Bonchev–Trinajstić information content (AvgIpc) is 2.78. The molecule has 1 rings (SSSR count). The highest BCUT2D eigenvalue weighted by atomic mass is 32.2. The summed E-state index contributed by atoms with van der Waals surface area (Å²) in [5, 5.41) is -7.95. The lowest BCUT2D eigenvalue weighted by Gasteiger charge is -2.42. The third-order valence-electron chi connectivity index (χ3n) is 5.34. The maximum atomic E-state index is 13.0. The van der Waals surface area contributed by atoms with Crippen LogP contribution < -0.4 is 0 Å². The minimum atomic E-state index is -8.92. The molecule has 1 heterocycles. The lowest BCUT2D eigenvalue weighted by atomic mass is 9.91.